The molecule has 7 nitrogen and oxygen atoms in total. The molecule has 0 amide bonds. The highest BCUT2D eigenvalue weighted by Gasteiger charge is 2.30. The molecule has 2 aliphatic heterocycles. The molecule has 2 aliphatic rings. The predicted molar refractivity (Wildman–Crippen MR) is 122 cm³/mol. The maximum absolute atomic E-state index is 12.4. The van der Waals surface area contributed by atoms with Crippen LogP contribution in [0.25, 0.3) is 0 Å². The highest BCUT2D eigenvalue weighted by atomic mass is 127. The Bertz CT molecular complexity index is 724. The van der Waals surface area contributed by atoms with Gasteiger partial charge >= 0.3 is 0 Å². The van der Waals surface area contributed by atoms with E-state index in [0.29, 0.717) is 10.9 Å². The molecule has 0 bridgehead atoms. The Balaban J connectivity index is 0.00000280. The monoisotopic (exact) mass is 522 g/mol. The third kappa shape index (κ3) is 6.30. The molecule has 0 spiro atoms. The molecular weight excluding hydrogens is 491 g/mol. The fourth-order valence-corrected chi connectivity index (χ4v) is 4.76. The van der Waals surface area contributed by atoms with Crippen LogP contribution in [0.3, 0.4) is 0 Å². The summed E-state index contributed by atoms with van der Waals surface area (Å²) in [6, 6.07) is 9.10. The number of aliphatic imine (C=N–C) groups is 1. The Morgan fingerprint density at radius 2 is 1.93 bits per heavy atom. The molecular formula is C19H31IN4O3S. The number of morpholine rings is 1. The van der Waals surface area contributed by atoms with Crippen molar-refractivity contribution in [3.63, 3.8) is 0 Å². The molecule has 9 heteroatoms. The van der Waals surface area contributed by atoms with Gasteiger partial charge in [-0.3, -0.25) is 9.89 Å². The number of hydrogen-bond donors (Lipinski definition) is 1. The maximum Gasteiger partial charge on any atom is 0.194 e. The largest absolute Gasteiger partial charge is 0.379 e. The van der Waals surface area contributed by atoms with Crippen LogP contribution in [0.1, 0.15) is 13.3 Å². The first-order chi connectivity index (χ1) is 13.1. The van der Waals surface area contributed by atoms with E-state index in [2.05, 4.69) is 20.1 Å². The third-order valence-electron chi connectivity index (χ3n) is 5.08. The van der Waals surface area contributed by atoms with Crippen molar-refractivity contribution in [1.29, 1.82) is 0 Å². The summed E-state index contributed by atoms with van der Waals surface area (Å²) in [7, 11) is -3.30. The molecule has 1 aromatic rings. The normalized spacial score (nSPS) is 21.4. The zero-order valence-electron chi connectivity index (χ0n) is 16.4. The second-order valence-electron chi connectivity index (χ2n) is 6.90. The summed E-state index contributed by atoms with van der Waals surface area (Å²) < 4.78 is 30.3. The van der Waals surface area contributed by atoms with Crippen LogP contribution in [-0.4, -0.2) is 88.5 Å². The summed E-state index contributed by atoms with van der Waals surface area (Å²) in [6.45, 7) is 8.52. The Morgan fingerprint density at radius 3 is 2.61 bits per heavy atom. The first-order valence-corrected chi connectivity index (χ1v) is 11.4. The van der Waals surface area contributed by atoms with Gasteiger partial charge < -0.3 is 15.0 Å². The number of nitrogens with one attached hydrogen (secondary N) is 1. The van der Waals surface area contributed by atoms with Crippen LogP contribution in [-0.2, 0) is 14.6 Å². The lowest BCUT2D eigenvalue weighted by molar-refractivity contribution is 0.0195. The van der Waals surface area contributed by atoms with E-state index < -0.39 is 9.84 Å². The van der Waals surface area contributed by atoms with E-state index >= 15 is 0 Å². The van der Waals surface area contributed by atoms with E-state index in [4.69, 9.17) is 4.74 Å². The Hall–Kier alpha value is -0.910. The zero-order valence-corrected chi connectivity index (χ0v) is 19.6. The van der Waals surface area contributed by atoms with Gasteiger partial charge in [0.15, 0.2) is 15.8 Å². The summed E-state index contributed by atoms with van der Waals surface area (Å²) >= 11 is 0. The van der Waals surface area contributed by atoms with Gasteiger partial charge in [0.25, 0.3) is 0 Å². The lowest BCUT2D eigenvalue weighted by atomic mass is 10.2. The Kier molecular flexibility index (Phi) is 9.45. The van der Waals surface area contributed by atoms with E-state index in [0.717, 1.165) is 58.3 Å². The van der Waals surface area contributed by atoms with Crippen molar-refractivity contribution in [3.05, 3.63) is 30.3 Å². The third-order valence-corrected chi connectivity index (χ3v) is 6.79. The minimum absolute atomic E-state index is 0. The lowest BCUT2D eigenvalue weighted by Gasteiger charge is -2.32. The standard InChI is InChI=1S/C19H30N4O3S.HI/c1-2-20-19(21-9-15-27(24,25)18-6-4-3-5-7-18)23-10-8-17(16-23)22-11-13-26-14-12-22;/h3-7,17H,2,8-16H2,1H3,(H,20,21);1H. The van der Waals surface area contributed by atoms with Crippen molar-refractivity contribution in [2.75, 3.05) is 58.2 Å². The van der Waals surface area contributed by atoms with E-state index in [9.17, 15) is 8.42 Å². The molecule has 2 saturated heterocycles. The van der Waals surface area contributed by atoms with E-state index in [1.807, 2.05) is 13.0 Å². The number of halogens is 1. The van der Waals surface area contributed by atoms with Crippen LogP contribution in [0.15, 0.2) is 40.2 Å². The Labute approximate surface area is 185 Å². The molecule has 0 aliphatic carbocycles. The summed E-state index contributed by atoms with van der Waals surface area (Å²) in [5, 5.41) is 3.31. The van der Waals surface area contributed by atoms with Gasteiger partial charge in [0.2, 0.25) is 0 Å². The Morgan fingerprint density at radius 1 is 1.21 bits per heavy atom. The van der Waals surface area contributed by atoms with Gasteiger partial charge in [0.05, 0.1) is 30.4 Å². The first-order valence-electron chi connectivity index (χ1n) is 9.73. The predicted octanol–water partition coefficient (Wildman–Crippen LogP) is 1.45. The number of nitrogens with zero attached hydrogens (tertiary/aromatic N) is 3. The fourth-order valence-electron chi connectivity index (χ4n) is 3.62. The molecule has 28 heavy (non-hydrogen) atoms. The average molecular weight is 522 g/mol. The highest BCUT2D eigenvalue weighted by Crippen LogP contribution is 2.17. The van der Waals surface area contributed by atoms with Crippen molar-refractivity contribution in [2.45, 2.75) is 24.3 Å². The number of likely N-dealkylation sites (tertiary alicyclic amines) is 1. The summed E-state index contributed by atoms with van der Waals surface area (Å²) in [6.07, 6.45) is 1.10. The molecule has 2 fully saturated rings. The van der Waals surface area contributed by atoms with Crippen LogP contribution in [0, 0.1) is 0 Å². The maximum atomic E-state index is 12.4. The SMILES string of the molecule is CCNC(=NCCS(=O)(=O)c1ccccc1)N1CCC(N2CCOCC2)C1.I. The second-order valence-corrected chi connectivity index (χ2v) is 9.01. The van der Waals surface area contributed by atoms with Gasteiger partial charge in [-0.15, -0.1) is 24.0 Å². The van der Waals surface area contributed by atoms with Gasteiger partial charge in [0, 0.05) is 38.8 Å². The molecule has 0 aromatic heterocycles. The van der Waals surface area contributed by atoms with Crippen molar-refractivity contribution in [1.82, 2.24) is 15.1 Å². The smallest absolute Gasteiger partial charge is 0.194 e. The summed E-state index contributed by atoms with van der Waals surface area (Å²) in [5.74, 6) is 0.837. The van der Waals surface area contributed by atoms with Crippen LogP contribution < -0.4 is 5.32 Å². The lowest BCUT2D eigenvalue weighted by Crippen LogP contribution is -2.46. The molecule has 2 heterocycles. The molecule has 3 rings (SSSR count). The van der Waals surface area contributed by atoms with Crippen LogP contribution in [0.2, 0.25) is 0 Å². The topological polar surface area (TPSA) is 74.2 Å². The molecule has 0 radical (unpaired) electrons. The van der Waals surface area contributed by atoms with Crippen molar-refractivity contribution < 1.29 is 13.2 Å². The number of sulfone groups is 1. The molecule has 1 atom stereocenters. The average Bonchev–Trinajstić information content (AvgIpc) is 3.19. The van der Waals surface area contributed by atoms with Crippen LogP contribution in [0.5, 0.6) is 0 Å². The van der Waals surface area contributed by atoms with E-state index in [-0.39, 0.29) is 36.3 Å². The molecule has 1 aromatic carbocycles. The van der Waals surface area contributed by atoms with Gasteiger partial charge in [-0.2, -0.15) is 0 Å². The minimum Gasteiger partial charge on any atom is -0.379 e. The van der Waals surface area contributed by atoms with Crippen LogP contribution >= 0.6 is 24.0 Å². The van der Waals surface area contributed by atoms with E-state index in [1.54, 1.807) is 24.3 Å². The quantitative estimate of drug-likeness (QED) is 0.347. The number of ether oxygens (including phenoxy) is 1. The first kappa shape index (κ1) is 23.4. The highest BCUT2D eigenvalue weighted by molar-refractivity contribution is 14.0. The molecule has 1 N–H and O–H groups in total. The fraction of sp³-hybridized carbons (Fsp3) is 0.632. The van der Waals surface area contributed by atoms with Crippen molar-refractivity contribution in [2.24, 2.45) is 4.99 Å². The van der Waals surface area contributed by atoms with Gasteiger partial charge in [-0.1, -0.05) is 18.2 Å². The van der Waals surface area contributed by atoms with Gasteiger partial charge in [-0.05, 0) is 25.5 Å². The zero-order chi connectivity index (χ0) is 19.1. The number of hydrogen-bond acceptors (Lipinski definition) is 5. The molecule has 0 saturated carbocycles. The summed E-state index contributed by atoms with van der Waals surface area (Å²) in [4.78, 5) is 9.70. The van der Waals surface area contributed by atoms with Crippen LogP contribution in [0.4, 0.5) is 0 Å². The van der Waals surface area contributed by atoms with Gasteiger partial charge in [-0.25, -0.2) is 8.42 Å². The minimum atomic E-state index is -3.30. The van der Waals surface area contributed by atoms with Crippen molar-refractivity contribution in [3.8, 4) is 0 Å². The second kappa shape index (κ2) is 11.3. The summed E-state index contributed by atoms with van der Waals surface area (Å²) in [5.41, 5.74) is 0. The van der Waals surface area contributed by atoms with Gasteiger partial charge in [0.1, 0.15) is 0 Å². The van der Waals surface area contributed by atoms with Crippen molar-refractivity contribution >= 4 is 39.8 Å². The number of rotatable bonds is 6. The van der Waals surface area contributed by atoms with E-state index in [1.165, 1.54) is 0 Å². The molecule has 1 unspecified atom stereocenters. The number of guanidine groups is 1. The number of benzene rings is 1. The molecule has 158 valence electrons.